The van der Waals surface area contributed by atoms with E-state index in [1.54, 1.807) is 12.1 Å². The second-order valence-electron chi connectivity index (χ2n) is 2.37. The molecule has 0 radical (unpaired) electrons. The number of hydrogen-bond acceptors (Lipinski definition) is 2. The molecule has 0 unspecified atom stereocenters. The number of anilines is 1. The number of halogens is 1. The second kappa shape index (κ2) is 3.60. The third-order valence-corrected chi connectivity index (χ3v) is 1.72. The van der Waals surface area contributed by atoms with Gasteiger partial charge in [-0.25, -0.2) is 0 Å². The van der Waals surface area contributed by atoms with E-state index in [1.165, 1.54) is 0 Å². The lowest BCUT2D eigenvalue weighted by Gasteiger charge is -2.01. The number of nitrogens with two attached hydrogens (primary N) is 1. The molecule has 0 bridgehead atoms. The van der Waals surface area contributed by atoms with Gasteiger partial charge in [0.15, 0.2) is 0 Å². The SMILES string of the molecule is Nc1cc(CO)cc(CCl)c1. The van der Waals surface area contributed by atoms with Crippen LogP contribution in [0.5, 0.6) is 0 Å². The van der Waals surface area contributed by atoms with E-state index >= 15 is 0 Å². The maximum Gasteiger partial charge on any atom is 0.0682 e. The van der Waals surface area contributed by atoms with Gasteiger partial charge in [-0.1, -0.05) is 6.07 Å². The van der Waals surface area contributed by atoms with Gasteiger partial charge in [0.2, 0.25) is 0 Å². The zero-order valence-corrected chi connectivity index (χ0v) is 6.80. The van der Waals surface area contributed by atoms with E-state index in [2.05, 4.69) is 0 Å². The Bertz CT molecular complexity index is 228. The predicted molar refractivity (Wildman–Crippen MR) is 46.3 cm³/mol. The summed E-state index contributed by atoms with van der Waals surface area (Å²) in [5.41, 5.74) is 7.93. The quantitative estimate of drug-likeness (QED) is 0.523. The van der Waals surface area contributed by atoms with Crippen LogP contribution in [0, 0.1) is 0 Å². The van der Waals surface area contributed by atoms with Crippen LogP contribution in [0.25, 0.3) is 0 Å². The van der Waals surface area contributed by atoms with Gasteiger partial charge in [0.05, 0.1) is 6.61 Å². The van der Waals surface area contributed by atoms with Crippen molar-refractivity contribution in [2.45, 2.75) is 12.5 Å². The van der Waals surface area contributed by atoms with Gasteiger partial charge in [-0.2, -0.15) is 0 Å². The normalized spacial score (nSPS) is 10.0. The monoisotopic (exact) mass is 171 g/mol. The molecule has 0 saturated carbocycles. The van der Waals surface area contributed by atoms with Crippen molar-refractivity contribution in [1.82, 2.24) is 0 Å². The summed E-state index contributed by atoms with van der Waals surface area (Å²) < 4.78 is 0. The van der Waals surface area contributed by atoms with Crippen molar-refractivity contribution in [2.24, 2.45) is 0 Å². The maximum atomic E-state index is 8.78. The molecule has 0 amide bonds. The van der Waals surface area contributed by atoms with E-state index in [-0.39, 0.29) is 6.61 Å². The van der Waals surface area contributed by atoms with Gasteiger partial charge in [-0.3, -0.25) is 0 Å². The Balaban J connectivity index is 3.02. The number of rotatable bonds is 2. The summed E-state index contributed by atoms with van der Waals surface area (Å²) >= 11 is 5.59. The Labute approximate surface area is 70.6 Å². The van der Waals surface area contributed by atoms with Crippen LogP contribution in [0.4, 0.5) is 5.69 Å². The van der Waals surface area contributed by atoms with E-state index in [0.29, 0.717) is 11.6 Å². The molecule has 0 atom stereocenters. The van der Waals surface area contributed by atoms with E-state index in [1.807, 2.05) is 6.07 Å². The maximum absolute atomic E-state index is 8.78. The Morgan fingerprint density at radius 2 is 1.91 bits per heavy atom. The highest BCUT2D eigenvalue weighted by Crippen LogP contribution is 2.13. The topological polar surface area (TPSA) is 46.2 Å². The average Bonchev–Trinajstić information content (AvgIpc) is 2.03. The number of aliphatic hydroxyl groups is 1. The highest BCUT2D eigenvalue weighted by Gasteiger charge is 1.96. The van der Waals surface area contributed by atoms with Gasteiger partial charge in [0, 0.05) is 11.6 Å². The zero-order chi connectivity index (χ0) is 8.27. The predicted octanol–water partition coefficient (Wildman–Crippen LogP) is 1.50. The molecule has 60 valence electrons. The van der Waals surface area contributed by atoms with Crippen molar-refractivity contribution < 1.29 is 5.11 Å². The highest BCUT2D eigenvalue weighted by molar-refractivity contribution is 6.17. The smallest absolute Gasteiger partial charge is 0.0682 e. The minimum Gasteiger partial charge on any atom is -0.399 e. The molecule has 2 nitrogen and oxygen atoms in total. The molecule has 0 heterocycles. The minimum atomic E-state index is 0.00886. The molecule has 0 aromatic heterocycles. The summed E-state index contributed by atoms with van der Waals surface area (Å²) in [6.45, 7) is 0.00886. The van der Waals surface area contributed by atoms with Crippen LogP contribution in [0.3, 0.4) is 0 Å². The lowest BCUT2D eigenvalue weighted by atomic mass is 10.1. The first-order valence-electron chi connectivity index (χ1n) is 3.31. The lowest BCUT2D eigenvalue weighted by molar-refractivity contribution is 0.282. The lowest BCUT2D eigenvalue weighted by Crippen LogP contribution is -1.91. The molecule has 3 N–H and O–H groups in total. The van der Waals surface area contributed by atoms with Gasteiger partial charge in [-0.15, -0.1) is 11.6 Å². The van der Waals surface area contributed by atoms with E-state index < -0.39 is 0 Å². The highest BCUT2D eigenvalue weighted by atomic mass is 35.5. The molecular weight excluding hydrogens is 162 g/mol. The molecule has 0 aliphatic heterocycles. The van der Waals surface area contributed by atoms with Gasteiger partial charge < -0.3 is 10.8 Å². The first-order chi connectivity index (χ1) is 5.26. The van der Waals surface area contributed by atoms with Crippen LogP contribution < -0.4 is 5.73 Å². The molecule has 1 aromatic rings. The Morgan fingerprint density at radius 3 is 2.45 bits per heavy atom. The first-order valence-corrected chi connectivity index (χ1v) is 3.85. The summed E-state index contributed by atoms with van der Waals surface area (Å²) in [5, 5.41) is 8.78. The van der Waals surface area contributed by atoms with Crippen molar-refractivity contribution in [3.8, 4) is 0 Å². The van der Waals surface area contributed by atoms with Crippen LogP contribution in [0.2, 0.25) is 0 Å². The molecule has 1 aromatic carbocycles. The minimum absolute atomic E-state index is 0.00886. The van der Waals surface area contributed by atoms with Crippen LogP contribution in [-0.2, 0) is 12.5 Å². The fraction of sp³-hybridized carbons (Fsp3) is 0.250. The molecule has 11 heavy (non-hydrogen) atoms. The number of alkyl halides is 1. The fourth-order valence-electron chi connectivity index (χ4n) is 0.960. The van der Waals surface area contributed by atoms with Crippen LogP contribution >= 0.6 is 11.6 Å². The standard InChI is InChI=1S/C8H10ClNO/c9-4-6-1-7(5-11)3-8(10)2-6/h1-3,11H,4-5,10H2. The van der Waals surface area contributed by atoms with E-state index in [0.717, 1.165) is 11.1 Å². The molecule has 0 saturated heterocycles. The van der Waals surface area contributed by atoms with E-state index in [9.17, 15) is 0 Å². The van der Waals surface area contributed by atoms with Crippen molar-refractivity contribution in [3.05, 3.63) is 29.3 Å². The van der Waals surface area contributed by atoms with Gasteiger partial charge >= 0.3 is 0 Å². The Hall–Kier alpha value is -0.730. The number of nitrogen functional groups attached to an aromatic ring is 1. The number of benzene rings is 1. The third-order valence-electron chi connectivity index (χ3n) is 1.41. The molecule has 0 aliphatic carbocycles. The van der Waals surface area contributed by atoms with Gasteiger partial charge in [0.1, 0.15) is 0 Å². The van der Waals surface area contributed by atoms with Crippen molar-refractivity contribution >= 4 is 17.3 Å². The molecular formula is C8H10ClNO. The third kappa shape index (κ3) is 2.10. The summed E-state index contributed by atoms with van der Waals surface area (Å²) in [6.07, 6.45) is 0. The molecule has 1 rings (SSSR count). The van der Waals surface area contributed by atoms with Crippen LogP contribution in [-0.4, -0.2) is 5.11 Å². The van der Waals surface area contributed by atoms with Gasteiger partial charge in [0.25, 0.3) is 0 Å². The average molecular weight is 172 g/mol. The number of hydrogen-bond donors (Lipinski definition) is 2. The fourth-order valence-corrected chi connectivity index (χ4v) is 1.11. The zero-order valence-electron chi connectivity index (χ0n) is 6.05. The molecule has 0 aliphatic rings. The first kappa shape index (κ1) is 8.37. The summed E-state index contributed by atoms with van der Waals surface area (Å²) in [7, 11) is 0. The van der Waals surface area contributed by atoms with Crippen molar-refractivity contribution in [1.29, 1.82) is 0 Å². The number of aliphatic hydroxyl groups excluding tert-OH is 1. The van der Waals surface area contributed by atoms with E-state index in [4.69, 9.17) is 22.4 Å². The summed E-state index contributed by atoms with van der Waals surface area (Å²) in [6, 6.07) is 5.37. The Morgan fingerprint density at radius 1 is 1.27 bits per heavy atom. The largest absolute Gasteiger partial charge is 0.399 e. The van der Waals surface area contributed by atoms with Crippen molar-refractivity contribution in [3.63, 3.8) is 0 Å². The summed E-state index contributed by atoms with van der Waals surface area (Å²) in [4.78, 5) is 0. The van der Waals surface area contributed by atoms with Gasteiger partial charge in [-0.05, 0) is 23.3 Å². The Kier molecular flexibility index (Phi) is 2.74. The van der Waals surface area contributed by atoms with Crippen LogP contribution in [0.1, 0.15) is 11.1 Å². The second-order valence-corrected chi connectivity index (χ2v) is 2.64. The summed E-state index contributed by atoms with van der Waals surface area (Å²) in [5.74, 6) is 0.429. The molecule has 0 fully saturated rings. The van der Waals surface area contributed by atoms with Crippen LogP contribution in [0.15, 0.2) is 18.2 Å². The molecule has 3 heteroatoms. The molecule has 0 spiro atoms. The van der Waals surface area contributed by atoms with Crippen molar-refractivity contribution in [2.75, 3.05) is 5.73 Å².